The molecule has 0 atom stereocenters. The predicted octanol–water partition coefficient (Wildman–Crippen LogP) is 0.816. The first-order valence-corrected chi connectivity index (χ1v) is 4.69. The molecule has 1 aliphatic heterocycles. The molecule has 72 valence electrons. The zero-order valence-electron chi connectivity index (χ0n) is 7.86. The van der Waals surface area contributed by atoms with Gasteiger partial charge >= 0.3 is 0 Å². The summed E-state index contributed by atoms with van der Waals surface area (Å²) in [6.45, 7) is 2.18. The van der Waals surface area contributed by atoms with Gasteiger partial charge in [-0.3, -0.25) is 4.68 Å². The predicted molar refractivity (Wildman–Crippen MR) is 49.9 cm³/mol. The van der Waals surface area contributed by atoms with Crippen molar-refractivity contribution in [3.8, 4) is 5.75 Å². The van der Waals surface area contributed by atoms with Gasteiger partial charge in [-0.15, -0.1) is 0 Å². The lowest BCUT2D eigenvalue weighted by Crippen LogP contribution is -2.29. The first-order chi connectivity index (χ1) is 6.40. The highest BCUT2D eigenvalue weighted by Gasteiger charge is 2.15. The number of methoxy groups -OCH3 is 1. The van der Waals surface area contributed by atoms with Crippen molar-refractivity contribution in [3.63, 3.8) is 0 Å². The maximum atomic E-state index is 5.09. The van der Waals surface area contributed by atoms with Crippen molar-refractivity contribution in [2.45, 2.75) is 18.9 Å². The smallest absolute Gasteiger partial charge is 0.156 e. The first-order valence-electron chi connectivity index (χ1n) is 4.69. The van der Waals surface area contributed by atoms with Gasteiger partial charge in [-0.1, -0.05) is 0 Å². The molecule has 2 rings (SSSR count). The average molecular weight is 181 g/mol. The maximum absolute atomic E-state index is 5.09. The topological polar surface area (TPSA) is 39.1 Å². The summed E-state index contributed by atoms with van der Waals surface area (Å²) in [5.74, 6) is 0.846. The van der Waals surface area contributed by atoms with Crippen LogP contribution in [-0.4, -0.2) is 30.0 Å². The van der Waals surface area contributed by atoms with E-state index >= 15 is 0 Å². The van der Waals surface area contributed by atoms with Gasteiger partial charge in [-0.05, 0) is 25.9 Å². The third-order valence-electron chi connectivity index (χ3n) is 2.50. The summed E-state index contributed by atoms with van der Waals surface area (Å²) >= 11 is 0. The Morgan fingerprint density at radius 3 is 2.92 bits per heavy atom. The van der Waals surface area contributed by atoms with Crippen LogP contribution in [0.4, 0.5) is 0 Å². The second-order valence-electron chi connectivity index (χ2n) is 3.34. The Bertz CT molecular complexity index is 266. The summed E-state index contributed by atoms with van der Waals surface area (Å²) in [6, 6.07) is 0.546. The van der Waals surface area contributed by atoms with Crippen molar-refractivity contribution in [2.24, 2.45) is 0 Å². The van der Waals surface area contributed by atoms with Crippen LogP contribution < -0.4 is 10.1 Å². The lowest BCUT2D eigenvalue weighted by Gasteiger charge is -2.22. The molecule has 2 heterocycles. The Labute approximate surface area is 77.9 Å². The Balaban J connectivity index is 2.05. The number of nitrogens with zero attached hydrogens (tertiary/aromatic N) is 2. The van der Waals surface area contributed by atoms with E-state index < -0.39 is 0 Å². The van der Waals surface area contributed by atoms with Gasteiger partial charge in [0.1, 0.15) is 0 Å². The summed E-state index contributed by atoms with van der Waals surface area (Å²) in [4.78, 5) is 0. The fraction of sp³-hybridized carbons (Fsp3) is 0.667. The number of hydrogen-bond acceptors (Lipinski definition) is 3. The van der Waals surface area contributed by atoms with Crippen LogP contribution in [-0.2, 0) is 0 Å². The summed E-state index contributed by atoms with van der Waals surface area (Å²) in [6.07, 6.45) is 6.05. The Morgan fingerprint density at radius 1 is 1.54 bits per heavy atom. The molecule has 0 radical (unpaired) electrons. The highest BCUT2D eigenvalue weighted by atomic mass is 16.5. The van der Waals surface area contributed by atoms with Gasteiger partial charge < -0.3 is 10.1 Å². The summed E-state index contributed by atoms with van der Waals surface area (Å²) in [5.41, 5.74) is 0. The fourth-order valence-corrected chi connectivity index (χ4v) is 1.70. The van der Waals surface area contributed by atoms with E-state index in [0.717, 1.165) is 31.7 Å². The van der Waals surface area contributed by atoms with Gasteiger partial charge in [0.15, 0.2) is 5.75 Å². The number of piperidine rings is 1. The van der Waals surface area contributed by atoms with Gasteiger partial charge in [0, 0.05) is 0 Å². The summed E-state index contributed by atoms with van der Waals surface area (Å²) < 4.78 is 7.10. The van der Waals surface area contributed by atoms with E-state index in [2.05, 4.69) is 10.4 Å². The highest BCUT2D eigenvalue weighted by molar-refractivity contribution is 5.11. The zero-order chi connectivity index (χ0) is 9.10. The van der Waals surface area contributed by atoms with E-state index in [-0.39, 0.29) is 0 Å². The van der Waals surface area contributed by atoms with Crippen molar-refractivity contribution in [3.05, 3.63) is 12.4 Å². The van der Waals surface area contributed by atoms with Gasteiger partial charge in [0.2, 0.25) is 0 Å². The molecule has 4 nitrogen and oxygen atoms in total. The van der Waals surface area contributed by atoms with E-state index in [1.54, 1.807) is 13.3 Å². The molecule has 1 aromatic rings. The number of ether oxygens (including phenoxy) is 1. The minimum absolute atomic E-state index is 0.546. The van der Waals surface area contributed by atoms with Crippen molar-refractivity contribution in [1.82, 2.24) is 15.1 Å². The summed E-state index contributed by atoms with van der Waals surface area (Å²) in [7, 11) is 1.67. The van der Waals surface area contributed by atoms with Crippen LogP contribution in [0.25, 0.3) is 0 Å². The lowest BCUT2D eigenvalue weighted by atomic mass is 10.1. The Hall–Kier alpha value is -1.03. The quantitative estimate of drug-likeness (QED) is 0.734. The van der Waals surface area contributed by atoms with Crippen molar-refractivity contribution >= 4 is 0 Å². The molecule has 0 bridgehead atoms. The maximum Gasteiger partial charge on any atom is 0.156 e. The molecule has 0 amide bonds. The SMILES string of the molecule is COc1cnn(C2CCNCC2)c1. The first kappa shape index (κ1) is 8.56. The van der Waals surface area contributed by atoms with Crippen molar-refractivity contribution < 1.29 is 4.74 Å². The fourth-order valence-electron chi connectivity index (χ4n) is 1.70. The monoisotopic (exact) mass is 181 g/mol. The Morgan fingerprint density at radius 2 is 2.31 bits per heavy atom. The number of rotatable bonds is 2. The molecule has 1 fully saturated rings. The van der Waals surface area contributed by atoms with Crippen LogP contribution >= 0.6 is 0 Å². The molecular weight excluding hydrogens is 166 g/mol. The Kier molecular flexibility index (Phi) is 2.49. The third-order valence-corrected chi connectivity index (χ3v) is 2.50. The van der Waals surface area contributed by atoms with Crippen LogP contribution in [0.15, 0.2) is 12.4 Å². The standard InChI is InChI=1S/C9H15N3O/c1-13-9-6-11-12(7-9)8-2-4-10-5-3-8/h6-8,10H,2-5H2,1H3. The van der Waals surface area contributed by atoms with Gasteiger partial charge in [-0.25, -0.2) is 0 Å². The minimum Gasteiger partial charge on any atom is -0.493 e. The average Bonchev–Trinajstić information content (AvgIpc) is 2.67. The number of aromatic nitrogens is 2. The lowest BCUT2D eigenvalue weighted by molar-refractivity contribution is 0.341. The number of hydrogen-bond donors (Lipinski definition) is 1. The van der Waals surface area contributed by atoms with Crippen LogP contribution in [0.5, 0.6) is 5.75 Å². The molecule has 13 heavy (non-hydrogen) atoms. The van der Waals surface area contributed by atoms with E-state index in [1.807, 2.05) is 10.9 Å². The second kappa shape index (κ2) is 3.79. The van der Waals surface area contributed by atoms with Gasteiger partial charge in [0.05, 0.1) is 25.5 Å². The largest absolute Gasteiger partial charge is 0.493 e. The van der Waals surface area contributed by atoms with E-state index in [0.29, 0.717) is 6.04 Å². The molecule has 1 aliphatic rings. The molecule has 0 unspecified atom stereocenters. The van der Waals surface area contributed by atoms with Crippen LogP contribution in [0, 0.1) is 0 Å². The zero-order valence-corrected chi connectivity index (χ0v) is 7.86. The molecule has 0 saturated carbocycles. The van der Waals surface area contributed by atoms with E-state index in [1.165, 1.54) is 0 Å². The third kappa shape index (κ3) is 1.83. The van der Waals surface area contributed by atoms with Crippen molar-refractivity contribution in [2.75, 3.05) is 20.2 Å². The normalized spacial score (nSPS) is 18.8. The van der Waals surface area contributed by atoms with Gasteiger partial charge in [-0.2, -0.15) is 5.10 Å². The summed E-state index contributed by atoms with van der Waals surface area (Å²) in [5, 5.41) is 7.61. The van der Waals surface area contributed by atoms with Crippen LogP contribution in [0.3, 0.4) is 0 Å². The molecule has 0 aromatic carbocycles. The molecule has 1 saturated heterocycles. The molecule has 4 heteroatoms. The molecule has 1 aromatic heterocycles. The van der Waals surface area contributed by atoms with E-state index in [4.69, 9.17) is 4.74 Å². The molecule has 0 aliphatic carbocycles. The molecule has 1 N–H and O–H groups in total. The second-order valence-corrected chi connectivity index (χ2v) is 3.34. The van der Waals surface area contributed by atoms with Crippen LogP contribution in [0.1, 0.15) is 18.9 Å². The van der Waals surface area contributed by atoms with E-state index in [9.17, 15) is 0 Å². The van der Waals surface area contributed by atoms with Gasteiger partial charge in [0.25, 0.3) is 0 Å². The van der Waals surface area contributed by atoms with Crippen LogP contribution in [0.2, 0.25) is 0 Å². The number of nitrogens with one attached hydrogen (secondary N) is 1. The minimum atomic E-state index is 0.546. The van der Waals surface area contributed by atoms with Crippen molar-refractivity contribution in [1.29, 1.82) is 0 Å². The highest BCUT2D eigenvalue weighted by Crippen LogP contribution is 2.19. The molecule has 0 spiro atoms. The molecular formula is C9H15N3O.